The van der Waals surface area contributed by atoms with Gasteiger partial charge in [0.05, 0.1) is 11.9 Å². The summed E-state index contributed by atoms with van der Waals surface area (Å²) in [5.74, 6) is 0. The van der Waals surface area contributed by atoms with E-state index in [4.69, 9.17) is 10.5 Å². The third-order valence-corrected chi connectivity index (χ3v) is 4.09. The SMILES string of the molecule is CC(C)n1c(SC2COCCC2N)n[nH]c1=O. The Morgan fingerprint density at radius 3 is 3.06 bits per heavy atom. The number of hydrogen-bond donors (Lipinski definition) is 2. The molecule has 0 radical (unpaired) electrons. The molecule has 0 saturated carbocycles. The summed E-state index contributed by atoms with van der Waals surface area (Å²) in [7, 11) is 0. The van der Waals surface area contributed by atoms with Gasteiger partial charge in [-0.1, -0.05) is 11.8 Å². The van der Waals surface area contributed by atoms with Gasteiger partial charge in [0.25, 0.3) is 0 Å². The van der Waals surface area contributed by atoms with Crippen molar-refractivity contribution < 1.29 is 4.74 Å². The Kier molecular flexibility index (Phi) is 3.90. The van der Waals surface area contributed by atoms with Gasteiger partial charge >= 0.3 is 5.69 Å². The number of H-pyrrole nitrogens is 1. The van der Waals surface area contributed by atoms with E-state index in [1.165, 1.54) is 11.8 Å². The van der Waals surface area contributed by atoms with Crippen LogP contribution in [0, 0.1) is 0 Å². The van der Waals surface area contributed by atoms with Crippen molar-refractivity contribution in [1.29, 1.82) is 0 Å². The van der Waals surface area contributed by atoms with Crippen LogP contribution in [0.25, 0.3) is 0 Å². The first-order valence-corrected chi connectivity index (χ1v) is 6.64. The zero-order valence-electron chi connectivity index (χ0n) is 10.0. The van der Waals surface area contributed by atoms with E-state index < -0.39 is 0 Å². The average Bonchev–Trinajstić information content (AvgIpc) is 2.63. The van der Waals surface area contributed by atoms with Crippen LogP contribution in [0.1, 0.15) is 26.3 Å². The van der Waals surface area contributed by atoms with E-state index in [9.17, 15) is 4.79 Å². The highest BCUT2D eigenvalue weighted by molar-refractivity contribution is 7.99. The van der Waals surface area contributed by atoms with Crippen LogP contribution >= 0.6 is 11.8 Å². The van der Waals surface area contributed by atoms with Gasteiger partial charge < -0.3 is 10.5 Å². The second-order valence-corrected chi connectivity index (χ2v) is 5.67. The molecule has 2 unspecified atom stereocenters. The summed E-state index contributed by atoms with van der Waals surface area (Å²) in [6.45, 7) is 5.25. The number of nitrogens with one attached hydrogen (secondary N) is 1. The zero-order valence-corrected chi connectivity index (χ0v) is 10.9. The van der Waals surface area contributed by atoms with Crippen molar-refractivity contribution >= 4 is 11.8 Å². The quantitative estimate of drug-likeness (QED) is 0.817. The molecular formula is C10H18N4O2S. The second-order valence-electron chi connectivity index (χ2n) is 4.46. The van der Waals surface area contributed by atoms with Crippen molar-refractivity contribution in [2.45, 2.75) is 42.8 Å². The van der Waals surface area contributed by atoms with Crippen molar-refractivity contribution in [3.8, 4) is 0 Å². The van der Waals surface area contributed by atoms with Crippen LogP contribution in [0.2, 0.25) is 0 Å². The number of rotatable bonds is 3. The molecule has 3 N–H and O–H groups in total. The normalized spacial score (nSPS) is 25.4. The van der Waals surface area contributed by atoms with Gasteiger partial charge in [0.15, 0.2) is 5.16 Å². The molecule has 0 bridgehead atoms. The minimum atomic E-state index is -0.173. The smallest absolute Gasteiger partial charge is 0.344 e. The Balaban J connectivity index is 2.15. The van der Waals surface area contributed by atoms with Crippen molar-refractivity contribution in [3.05, 3.63) is 10.5 Å². The molecule has 1 saturated heterocycles. The summed E-state index contributed by atoms with van der Waals surface area (Å²) in [4.78, 5) is 11.6. The molecule has 0 aromatic carbocycles. The Hall–Kier alpha value is -0.790. The summed E-state index contributed by atoms with van der Waals surface area (Å²) in [5, 5.41) is 7.37. The van der Waals surface area contributed by atoms with E-state index in [0.717, 1.165) is 13.0 Å². The molecule has 2 rings (SSSR count). The fourth-order valence-electron chi connectivity index (χ4n) is 1.81. The minimum Gasteiger partial charge on any atom is -0.380 e. The average molecular weight is 258 g/mol. The number of nitrogens with two attached hydrogens (primary N) is 1. The molecule has 1 aromatic heterocycles. The first-order valence-electron chi connectivity index (χ1n) is 5.76. The Morgan fingerprint density at radius 2 is 2.41 bits per heavy atom. The number of ether oxygens (including phenoxy) is 1. The van der Waals surface area contributed by atoms with Crippen molar-refractivity contribution in [2.75, 3.05) is 13.2 Å². The van der Waals surface area contributed by atoms with Gasteiger partial charge in [-0.3, -0.25) is 4.57 Å². The molecule has 2 heterocycles. The number of thioether (sulfide) groups is 1. The second kappa shape index (κ2) is 5.24. The van der Waals surface area contributed by atoms with Crippen LogP contribution in [-0.2, 0) is 4.74 Å². The molecule has 1 aromatic rings. The van der Waals surface area contributed by atoms with Gasteiger partial charge in [-0.2, -0.15) is 0 Å². The minimum absolute atomic E-state index is 0.0875. The lowest BCUT2D eigenvalue weighted by atomic mass is 10.1. The van der Waals surface area contributed by atoms with Crippen LogP contribution in [0.3, 0.4) is 0 Å². The van der Waals surface area contributed by atoms with E-state index in [1.807, 2.05) is 13.8 Å². The van der Waals surface area contributed by atoms with Crippen molar-refractivity contribution in [2.24, 2.45) is 5.73 Å². The van der Waals surface area contributed by atoms with Crippen LogP contribution in [0.15, 0.2) is 9.95 Å². The topological polar surface area (TPSA) is 85.9 Å². The lowest BCUT2D eigenvalue weighted by molar-refractivity contribution is 0.0914. The predicted octanol–water partition coefficient (Wildman–Crippen LogP) is 0.361. The molecular weight excluding hydrogens is 240 g/mol. The van der Waals surface area contributed by atoms with Crippen LogP contribution in [-0.4, -0.2) is 39.3 Å². The zero-order chi connectivity index (χ0) is 12.4. The maximum Gasteiger partial charge on any atom is 0.344 e. The molecule has 17 heavy (non-hydrogen) atoms. The van der Waals surface area contributed by atoms with Gasteiger partial charge in [0, 0.05) is 18.7 Å². The largest absolute Gasteiger partial charge is 0.380 e. The molecule has 0 aliphatic carbocycles. The fourth-order valence-corrected chi connectivity index (χ4v) is 3.07. The Morgan fingerprint density at radius 1 is 1.65 bits per heavy atom. The summed E-state index contributed by atoms with van der Waals surface area (Å²) < 4.78 is 7.05. The van der Waals surface area contributed by atoms with Gasteiger partial charge in [0.1, 0.15) is 0 Å². The molecule has 2 atom stereocenters. The number of aromatic amines is 1. The number of nitrogens with zero attached hydrogens (tertiary/aromatic N) is 2. The predicted molar refractivity (Wildman–Crippen MR) is 66.3 cm³/mol. The van der Waals surface area contributed by atoms with Gasteiger partial charge in [0.2, 0.25) is 0 Å². The molecule has 1 aliphatic heterocycles. The highest BCUT2D eigenvalue weighted by Gasteiger charge is 2.26. The van der Waals surface area contributed by atoms with Crippen LogP contribution in [0.4, 0.5) is 0 Å². The fraction of sp³-hybridized carbons (Fsp3) is 0.800. The first kappa shape index (κ1) is 12.7. The van der Waals surface area contributed by atoms with E-state index >= 15 is 0 Å². The van der Waals surface area contributed by atoms with E-state index in [1.54, 1.807) is 4.57 Å². The molecule has 96 valence electrons. The maximum absolute atomic E-state index is 11.6. The maximum atomic E-state index is 11.6. The molecule has 0 amide bonds. The molecule has 0 spiro atoms. The van der Waals surface area contributed by atoms with Gasteiger partial charge in [-0.25, -0.2) is 9.89 Å². The number of hydrogen-bond acceptors (Lipinski definition) is 5. The number of aromatic nitrogens is 3. The standard InChI is InChI=1S/C10H18N4O2S/c1-6(2)14-9(15)12-13-10(14)17-8-5-16-4-3-7(8)11/h6-8H,3-5,11H2,1-2H3,(H,12,15). The highest BCUT2D eigenvalue weighted by atomic mass is 32.2. The molecule has 1 aliphatic rings. The summed E-state index contributed by atoms with van der Waals surface area (Å²) in [6, 6.07) is 0.186. The lowest BCUT2D eigenvalue weighted by Crippen LogP contribution is -2.41. The third kappa shape index (κ3) is 2.72. The monoisotopic (exact) mass is 258 g/mol. The Labute approximate surface area is 104 Å². The first-order chi connectivity index (χ1) is 8.09. The summed E-state index contributed by atoms with van der Waals surface area (Å²) in [5.41, 5.74) is 5.86. The molecule has 7 heteroatoms. The van der Waals surface area contributed by atoms with Crippen molar-refractivity contribution in [3.63, 3.8) is 0 Å². The van der Waals surface area contributed by atoms with Gasteiger partial charge in [-0.05, 0) is 20.3 Å². The Bertz CT molecular complexity index is 428. The molecule has 6 nitrogen and oxygen atoms in total. The van der Waals surface area contributed by atoms with E-state index in [-0.39, 0.29) is 23.0 Å². The van der Waals surface area contributed by atoms with E-state index in [0.29, 0.717) is 11.8 Å². The van der Waals surface area contributed by atoms with Crippen molar-refractivity contribution in [1.82, 2.24) is 14.8 Å². The lowest BCUT2D eigenvalue weighted by Gasteiger charge is -2.27. The van der Waals surface area contributed by atoms with Crippen LogP contribution < -0.4 is 11.4 Å². The third-order valence-electron chi connectivity index (χ3n) is 2.80. The molecule has 1 fully saturated rings. The van der Waals surface area contributed by atoms with Crippen LogP contribution in [0.5, 0.6) is 0 Å². The van der Waals surface area contributed by atoms with E-state index in [2.05, 4.69) is 10.2 Å². The summed E-state index contributed by atoms with van der Waals surface area (Å²) in [6.07, 6.45) is 0.855. The van der Waals surface area contributed by atoms with Gasteiger partial charge in [-0.15, -0.1) is 5.10 Å². The summed E-state index contributed by atoms with van der Waals surface area (Å²) >= 11 is 1.52. The highest BCUT2D eigenvalue weighted by Crippen LogP contribution is 2.27.